The minimum absolute atomic E-state index is 0.128. The van der Waals surface area contributed by atoms with E-state index in [9.17, 15) is 0 Å². The second-order valence-electron chi connectivity index (χ2n) is 2.90. The zero-order valence-electron chi connectivity index (χ0n) is 7.29. The van der Waals surface area contributed by atoms with Gasteiger partial charge < -0.3 is 10.8 Å². The molecule has 2 nitrogen and oxygen atoms in total. The summed E-state index contributed by atoms with van der Waals surface area (Å²) in [5, 5.41) is 10.9. The molecule has 3 heteroatoms. The molecule has 0 saturated heterocycles. The van der Waals surface area contributed by atoms with E-state index in [1.165, 1.54) is 0 Å². The molecule has 0 radical (unpaired) electrons. The lowest BCUT2D eigenvalue weighted by molar-refractivity contribution is 0.285. The summed E-state index contributed by atoms with van der Waals surface area (Å²) in [4.78, 5) is 0.997. The highest BCUT2D eigenvalue weighted by Gasteiger charge is 2.06. The van der Waals surface area contributed by atoms with E-state index in [1.807, 2.05) is 11.4 Å². The molecule has 0 aliphatic rings. The SMILES string of the molecule is CCCC(N)c1csc(CO)c1. The van der Waals surface area contributed by atoms with Crippen molar-refractivity contribution >= 4 is 11.3 Å². The molecule has 1 aromatic rings. The van der Waals surface area contributed by atoms with E-state index in [2.05, 4.69) is 6.92 Å². The van der Waals surface area contributed by atoms with Gasteiger partial charge in [0.05, 0.1) is 6.61 Å². The van der Waals surface area contributed by atoms with Crippen molar-refractivity contribution < 1.29 is 5.11 Å². The average Bonchev–Trinajstić information content (AvgIpc) is 2.52. The molecule has 3 N–H and O–H groups in total. The van der Waals surface area contributed by atoms with Crippen molar-refractivity contribution in [1.82, 2.24) is 0 Å². The van der Waals surface area contributed by atoms with Crippen LogP contribution in [0.25, 0.3) is 0 Å². The molecule has 0 aliphatic heterocycles. The molecule has 0 spiro atoms. The van der Waals surface area contributed by atoms with Gasteiger partial charge in [-0.2, -0.15) is 0 Å². The van der Waals surface area contributed by atoms with Crippen LogP contribution in [0.4, 0.5) is 0 Å². The smallest absolute Gasteiger partial charge is 0.0774 e. The summed E-state index contributed by atoms with van der Waals surface area (Å²) in [5.74, 6) is 0. The Morgan fingerprint density at radius 3 is 2.92 bits per heavy atom. The molecule has 12 heavy (non-hydrogen) atoms. The molecule has 1 aromatic heterocycles. The van der Waals surface area contributed by atoms with Crippen LogP contribution in [-0.2, 0) is 6.61 Å². The third-order valence-corrected chi connectivity index (χ3v) is 2.80. The van der Waals surface area contributed by atoms with E-state index < -0.39 is 0 Å². The zero-order valence-corrected chi connectivity index (χ0v) is 8.10. The third-order valence-electron chi connectivity index (χ3n) is 1.86. The van der Waals surface area contributed by atoms with Crippen molar-refractivity contribution in [3.05, 3.63) is 21.9 Å². The number of hydrogen-bond donors (Lipinski definition) is 2. The first kappa shape index (κ1) is 9.71. The minimum Gasteiger partial charge on any atom is -0.391 e. The molecule has 0 bridgehead atoms. The van der Waals surface area contributed by atoms with Crippen molar-refractivity contribution in [3.63, 3.8) is 0 Å². The van der Waals surface area contributed by atoms with Crippen LogP contribution >= 0.6 is 11.3 Å². The Bertz CT molecular complexity index is 234. The van der Waals surface area contributed by atoms with Gasteiger partial charge in [0.2, 0.25) is 0 Å². The van der Waals surface area contributed by atoms with E-state index in [1.54, 1.807) is 11.3 Å². The van der Waals surface area contributed by atoms with E-state index in [-0.39, 0.29) is 12.6 Å². The maximum atomic E-state index is 8.83. The second kappa shape index (κ2) is 4.60. The summed E-state index contributed by atoms with van der Waals surface area (Å²) < 4.78 is 0. The van der Waals surface area contributed by atoms with Gasteiger partial charge in [-0.1, -0.05) is 13.3 Å². The molecule has 0 fully saturated rings. The van der Waals surface area contributed by atoms with Gasteiger partial charge in [0, 0.05) is 10.9 Å². The summed E-state index contributed by atoms with van der Waals surface area (Å²) in [6, 6.07) is 2.14. The van der Waals surface area contributed by atoms with Crippen molar-refractivity contribution in [2.75, 3.05) is 0 Å². The largest absolute Gasteiger partial charge is 0.391 e. The number of thiophene rings is 1. The summed E-state index contributed by atoms with van der Waals surface area (Å²) >= 11 is 1.57. The molecule has 1 atom stereocenters. The van der Waals surface area contributed by atoms with Gasteiger partial charge in [0.1, 0.15) is 0 Å². The topological polar surface area (TPSA) is 46.2 Å². The van der Waals surface area contributed by atoms with Gasteiger partial charge >= 0.3 is 0 Å². The van der Waals surface area contributed by atoms with Crippen LogP contribution in [0.2, 0.25) is 0 Å². The molecular weight excluding hydrogens is 170 g/mol. The average molecular weight is 185 g/mol. The van der Waals surface area contributed by atoms with Gasteiger partial charge in [-0.25, -0.2) is 0 Å². The molecule has 1 heterocycles. The lowest BCUT2D eigenvalue weighted by Crippen LogP contribution is -2.08. The van der Waals surface area contributed by atoms with Crippen LogP contribution in [0, 0.1) is 0 Å². The molecule has 0 aliphatic carbocycles. The minimum atomic E-state index is 0.128. The van der Waals surface area contributed by atoms with Gasteiger partial charge in [-0.15, -0.1) is 11.3 Å². The van der Waals surface area contributed by atoms with Crippen LogP contribution in [0.3, 0.4) is 0 Å². The van der Waals surface area contributed by atoms with Gasteiger partial charge in [0.25, 0.3) is 0 Å². The fraction of sp³-hybridized carbons (Fsp3) is 0.556. The first-order valence-electron chi connectivity index (χ1n) is 4.21. The normalized spacial score (nSPS) is 13.2. The van der Waals surface area contributed by atoms with Crippen molar-refractivity contribution in [1.29, 1.82) is 0 Å². The van der Waals surface area contributed by atoms with E-state index in [0.717, 1.165) is 23.3 Å². The summed E-state index contributed by atoms with van der Waals surface area (Å²) in [5.41, 5.74) is 7.06. The zero-order chi connectivity index (χ0) is 8.97. The Kier molecular flexibility index (Phi) is 3.72. The standard InChI is InChI=1S/C9H15NOS/c1-2-3-9(10)7-4-8(5-11)12-6-7/h4,6,9,11H,2-3,5,10H2,1H3. The Morgan fingerprint density at radius 2 is 2.42 bits per heavy atom. The van der Waals surface area contributed by atoms with E-state index in [0.29, 0.717) is 0 Å². The monoisotopic (exact) mass is 185 g/mol. The lowest BCUT2D eigenvalue weighted by atomic mass is 10.1. The van der Waals surface area contributed by atoms with E-state index >= 15 is 0 Å². The maximum absolute atomic E-state index is 8.83. The first-order valence-corrected chi connectivity index (χ1v) is 5.09. The summed E-state index contributed by atoms with van der Waals surface area (Å²) in [6.07, 6.45) is 2.12. The summed E-state index contributed by atoms with van der Waals surface area (Å²) in [7, 11) is 0. The number of nitrogens with two attached hydrogens (primary N) is 1. The predicted molar refractivity (Wildman–Crippen MR) is 52.1 cm³/mol. The number of aliphatic hydroxyl groups is 1. The first-order chi connectivity index (χ1) is 5.77. The Hall–Kier alpha value is -0.380. The van der Waals surface area contributed by atoms with Gasteiger partial charge in [-0.05, 0) is 23.4 Å². The predicted octanol–water partition coefficient (Wildman–Crippen LogP) is 2.04. The Balaban J connectivity index is 2.61. The van der Waals surface area contributed by atoms with Crippen LogP contribution in [-0.4, -0.2) is 5.11 Å². The van der Waals surface area contributed by atoms with Crippen LogP contribution in [0.1, 0.15) is 36.2 Å². The molecule has 1 unspecified atom stereocenters. The van der Waals surface area contributed by atoms with Crippen LogP contribution in [0.15, 0.2) is 11.4 Å². The van der Waals surface area contributed by atoms with Gasteiger partial charge in [-0.3, -0.25) is 0 Å². The Morgan fingerprint density at radius 1 is 1.67 bits per heavy atom. The van der Waals surface area contributed by atoms with Crippen molar-refractivity contribution in [3.8, 4) is 0 Å². The second-order valence-corrected chi connectivity index (χ2v) is 3.90. The molecule has 0 aromatic carbocycles. The number of aliphatic hydroxyl groups excluding tert-OH is 1. The lowest BCUT2D eigenvalue weighted by Gasteiger charge is -2.06. The quantitative estimate of drug-likeness (QED) is 0.754. The fourth-order valence-corrected chi connectivity index (χ4v) is 1.96. The Labute approximate surface area is 77.0 Å². The highest BCUT2D eigenvalue weighted by molar-refractivity contribution is 7.10. The highest BCUT2D eigenvalue weighted by atomic mass is 32.1. The number of hydrogen-bond acceptors (Lipinski definition) is 3. The summed E-state index contributed by atoms with van der Waals surface area (Å²) in [6.45, 7) is 2.25. The van der Waals surface area contributed by atoms with Crippen molar-refractivity contribution in [2.24, 2.45) is 5.73 Å². The number of rotatable bonds is 4. The van der Waals surface area contributed by atoms with Gasteiger partial charge in [0.15, 0.2) is 0 Å². The molecule has 68 valence electrons. The highest BCUT2D eigenvalue weighted by Crippen LogP contribution is 2.22. The molecular formula is C9H15NOS. The molecule has 0 amide bonds. The molecule has 1 rings (SSSR count). The van der Waals surface area contributed by atoms with Crippen molar-refractivity contribution in [2.45, 2.75) is 32.4 Å². The van der Waals surface area contributed by atoms with Crippen LogP contribution in [0.5, 0.6) is 0 Å². The maximum Gasteiger partial charge on any atom is 0.0774 e. The van der Waals surface area contributed by atoms with E-state index in [4.69, 9.17) is 10.8 Å². The fourth-order valence-electron chi connectivity index (χ4n) is 1.15. The third kappa shape index (κ3) is 2.30. The van der Waals surface area contributed by atoms with Crippen LogP contribution < -0.4 is 5.73 Å². The molecule has 0 saturated carbocycles.